The van der Waals surface area contributed by atoms with Gasteiger partial charge in [-0.2, -0.15) is 0 Å². The number of H-pyrrole nitrogens is 1. The van der Waals surface area contributed by atoms with Gasteiger partial charge in [-0.1, -0.05) is 25.0 Å². The number of aromatic nitrogens is 1. The van der Waals surface area contributed by atoms with Crippen LogP contribution in [-0.4, -0.2) is 35.6 Å². The molecule has 1 fully saturated rings. The van der Waals surface area contributed by atoms with Crippen molar-refractivity contribution < 1.29 is 14.3 Å². The molecule has 3 aromatic rings. The molecule has 1 saturated carbocycles. The Kier molecular flexibility index (Phi) is 6.75. The van der Waals surface area contributed by atoms with E-state index in [0.29, 0.717) is 30.5 Å². The first kappa shape index (κ1) is 21.9. The van der Waals surface area contributed by atoms with Crippen molar-refractivity contribution in [3.63, 3.8) is 0 Å². The van der Waals surface area contributed by atoms with Gasteiger partial charge in [0.05, 0.1) is 12.6 Å². The lowest BCUT2D eigenvalue weighted by molar-refractivity contribution is -0.117. The second-order valence-electron chi connectivity index (χ2n) is 8.33. The molecule has 1 atom stereocenters. The highest BCUT2D eigenvalue weighted by Crippen LogP contribution is 2.23. The quantitative estimate of drug-likeness (QED) is 0.397. The van der Waals surface area contributed by atoms with Gasteiger partial charge in [0.1, 0.15) is 5.69 Å². The molecule has 32 heavy (non-hydrogen) atoms. The number of amides is 1. The van der Waals surface area contributed by atoms with Gasteiger partial charge in [0, 0.05) is 28.3 Å². The average Bonchev–Trinajstić information content (AvgIpc) is 3.44. The molecule has 168 valence electrons. The molecule has 2 aromatic carbocycles. The van der Waals surface area contributed by atoms with Crippen molar-refractivity contribution in [1.82, 2.24) is 4.98 Å². The Morgan fingerprint density at radius 1 is 1.09 bits per heavy atom. The maximum Gasteiger partial charge on any atom is 0.354 e. The van der Waals surface area contributed by atoms with Crippen LogP contribution in [0.2, 0.25) is 0 Å². The Hall–Kier alpha value is -3.32. The number of carbonyl (C=O) groups is 2. The number of anilines is 2. The van der Waals surface area contributed by atoms with Crippen molar-refractivity contribution in [2.45, 2.75) is 51.1 Å². The number of benzene rings is 2. The zero-order chi connectivity index (χ0) is 22.5. The van der Waals surface area contributed by atoms with Gasteiger partial charge in [0.2, 0.25) is 5.91 Å². The minimum atomic E-state index is -0.666. The number of esters is 1. The topological polar surface area (TPSA) is 109 Å². The number of hydrogen-bond donors (Lipinski definition) is 4. The molecular formula is C25H30N4O3. The van der Waals surface area contributed by atoms with Crippen molar-refractivity contribution >= 4 is 34.2 Å². The second kappa shape index (κ2) is 9.87. The third-order valence-electron chi connectivity index (χ3n) is 5.86. The van der Waals surface area contributed by atoms with Crippen LogP contribution in [0.3, 0.4) is 0 Å². The standard InChI is InChI=1S/C25H30N4O3/c1-2-32-25(31)23-15-17-14-20(11-12-22(17)29-23)28-24(30)21(26)13-16-7-9-19(10-8-16)27-18-5-3-4-6-18/h7-12,14-15,18,21,27,29H,2-6,13,26H2,1H3,(H,28,30)/t21-/m0/s1. The molecule has 1 aliphatic carbocycles. The van der Waals surface area contributed by atoms with Gasteiger partial charge in [0.25, 0.3) is 0 Å². The molecule has 1 amide bonds. The SMILES string of the molecule is CCOC(=O)c1cc2cc(NC(=O)[C@@H](N)Cc3ccc(NC4CCCC4)cc3)ccc2[nH]1. The Morgan fingerprint density at radius 3 is 2.53 bits per heavy atom. The van der Waals surface area contributed by atoms with Gasteiger partial charge in [-0.15, -0.1) is 0 Å². The van der Waals surface area contributed by atoms with Gasteiger partial charge in [-0.05, 0) is 68.1 Å². The van der Waals surface area contributed by atoms with Crippen LogP contribution in [0.4, 0.5) is 11.4 Å². The van der Waals surface area contributed by atoms with Crippen LogP contribution in [0.5, 0.6) is 0 Å². The highest BCUT2D eigenvalue weighted by atomic mass is 16.5. The fourth-order valence-corrected chi connectivity index (χ4v) is 4.15. The molecule has 1 aliphatic rings. The lowest BCUT2D eigenvalue weighted by atomic mass is 10.1. The molecule has 0 saturated heterocycles. The first-order chi connectivity index (χ1) is 15.5. The summed E-state index contributed by atoms with van der Waals surface area (Å²) in [5.74, 6) is -0.653. The summed E-state index contributed by atoms with van der Waals surface area (Å²) in [5.41, 5.74) is 10.1. The number of hydrogen-bond acceptors (Lipinski definition) is 5. The first-order valence-electron chi connectivity index (χ1n) is 11.2. The lowest BCUT2D eigenvalue weighted by Crippen LogP contribution is -2.37. The van der Waals surface area contributed by atoms with Crippen molar-refractivity contribution in [1.29, 1.82) is 0 Å². The molecule has 0 bridgehead atoms. The van der Waals surface area contributed by atoms with Crippen LogP contribution in [0, 0.1) is 0 Å². The average molecular weight is 435 g/mol. The number of ether oxygens (including phenoxy) is 1. The van der Waals surface area contributed by atoms with E-state index in [-0.39, 0.29) is 5.91 Å². The lowest BCUT2D eigenvalue weighted by Gasteiger charge is -2.15. The predicted molar refractivity (Wildman–Crippen MR) is 127 cm³/mol. The highest BCUT2D eigenvalue weighted by Gasteiger charge is 2.17. The summed E-state index contributed by atoms with van der Waals surface area (Å²) < 4.78 is 5.02. The molecule has 0 unspecified atom stereocenters. The Morgan fingerprint density at radius 2 is 1.81 bits per heavy atom. The minimum absolute atomic E-state index is 0.251. The zero-order valence-corrected chi connectivity index (χ0v) is 18.3. The minimum Gasteiger partial charge on any atom is -0.461 e. The maximum atomic E-state index is 12.6. The largest absolute Gasteiger partial charge is 0.461 e. The number of aromatic amines is 1. The summed E-state index contributed by atoms with van der Waals surface area (Å²) in [4.78, 5) is 27.5. The molecule has 5 N–H and O–H groups in total. The number of nitrogens with two attached hydrogens (primary N) is 1. The molecule has 0 aliphatic heterocycles. The monoisotopic (exact) mass is 434 g/mol. The number of fused-ring (bicyclic) bond motifs is 1. The van der Waals surface area contributed by atoms with Gasteiger partial charge in [-0.25, -0.2) is 4.79 Å². The van der Waals surface area contributed by atoms with Gasteiger partial charge in [0.15, 0.2) is 0 Å². The van der Waals surface area contributed by atoms with E-state index >= 15 is 0 Å². The second-order valence-corrected chi connectivity index (χ2v) is 8.33. The van der Waals surface area contributed by atoms with E-state index < -0.39 is 12.0 Å². The Balaban J connectivity index is 1.34. The number of carbonyl (C=O) groups excluding carboxylic acids is 2. The molecule has 0 spiro atoms. The van der Waals surface area contributed by atoms with E-state index in [2.05, 4.69) is 27.8 Å². The van der Waals surface area contributed by atoms with Crippen molar-refractivity contribution in [3.8, 4) is 0 Å². The van der Waals surface area contributed by atoms with Crippen molar-refractivity contribution in [2.24, 2.45) is 5.73 Å². The van der Waals surface area contributed by atoms with Crippen LogP contribution in [-0.2, 0) is 16.0 Å². The molecule has 7 heteroatoms. The molecule has 4 rings (SSSR count). The summed E-state index contributed by atoms with van der Waals surface area (Å²) >= 11 is 0. The molecule has 0 radical (unpaired) electrons. The maximum absolute atomic E-state index is 12.6. The third-order valence-corrected chi connectivity index (χ3v) is 5.86. The van der Waals surface area contributed by atoms with E-state index in [4.69, 9.17) is 10.5 Å². The van der Waals surface area contributed by atoms with Crippen LogP contribution >= 0.6 is 0 Å². The summed E-state index contributed by atoms with van der Waals surface area (Å²) in [6.45, 7) is 2.08. The van der Waals surface area contributed by atoms with Crippen LogP contribution < -0.4 is 16.4 Å². The number of rotatable bonds is 8. The van der Waals surface area contributed by atoms with Crippen LogP contribution in [0.1, 0.15) is 48.7 Å². The molecule has 7 nitrogen and oxygen atoms in total. The third kappa shape index (κ3) is 5.29. The van der Waals surface area contributed by atoms with Crippen LogP contribution in [0.25, 0.3) is 10.9 Å². The van der Waals surface area contributed by atoms with E-state index in [1.807, 2.05) is 24.3 Å². The molecular weight excluding hydrogens is 404 g/mol. The summed E-state index contributed by atoms with van der Waals surface area (Å²) in [5, 5.41) is 7.25. The Labute approximate surface area is 187 Å². The van der Waals surface area contributed by atoms with Gasteiger partial charge < -0.3 is 26.1 Å². The summed E-state index contributed by atoms with van der Waals surface area (Å²) in [6, 6.07) is 15.2. The summed E-state index contributed by atoms with van der Waals surface area (Å²) in [7, 11) is 0. The highest BCUT2D eigenvalue weighted by molar-refractivity contribution is 5.99. The normalized spacial score (nSPS) is 14.9. The fraction of sp³-hybridized carbons (Fsp3) is 0.360. The Bertz CT molecular complexity index is 1080. The number of nitrogens with one attached hydrogen (secondary N) is 3. The van der Waals surface area contributed by atoms with Gasteiger partial charge >= 0.3 is 5.97 Å². The van der Waals surface area contributed by atoms with Crippen LogP contribution in [0.15, 0.2) is 48.5 Å². The van der Waals surface area contributed by atoms with E-state index in [0.717, 1.165) is 22.2 Å². The van der Waals surface area contributed by atoms with E-state index in [9.17, 15) is 9.59 Å². The van der Waals surface area contributed by atoms with Gasteiger partial charge in [-0.3, -0.25) is 4.79 Å². The van der Waals surface area contributed by atoms with Crippen molar-refractivity contribution in [3.05, 3.63) is 59.8 Å². The van der Waals surface area contributed by atoms with E-state index in [1.165, 1.54) is 25.7 Å². The predicted octanol–water partition coefficient (Wildman–Crippen LogP) is 4.21. The fourth-order valence-electron chi connectivity index (χ4n) is 4.15. The molecule has 1 heterocycles. The first-order valence-corrected chi connectivity index (χ1v) is 11.2. The zero-order valence-electron chi connectivity index (χ0n) is 18.3. The van der Waals surface area contributed by atoms with Crippen molar-refractivity contribution in [2.75, 3.05) is 17.2 Å². The van der Waals surface area contributed by atoms with E-state index in [1.54, 1.807) is 19.1 Å². The smallest absolute Gasteiger partial charge is 0.354 e. The molecule has 1 aromatic heterocycles. The summed E-state index contributed by atoms with van der Waals surface area (Å²) in [6.07, 6.45) is 5.50.